The van der Waals surface area contributed by atoms with Crippen LogP contribution in [-0.2, 0) is 4.79 Å². The Morgan fingerprint density at radius 2 is 1.91 bits per heavy atom. The first-order valence-corrected chi connectivity index (χ1v) is 6.78. The minimum Gasteiger partial charge on any atom is -0.497 e. The number of benzene rings is 2. The van der Waals surface area contributed by atoms with Crippen molar-refractivity contribution in [1.82, 2.24) is 0 Å². The molecular weight excluding hydrogens is 294 g/mol. The Labute approximate surface area is 134 Å². The summed E-state index contributed by atoms with van der Waals surface area (Å²) in [7, 11) is 3.02. The fourth-order valence-corrected chi connectivity index (χ4v) is 1.87. The minimum absolute atomic E-state index is 0.256. The number of carbonyl (C=O) groups is 1. The van der Waals surface area contributed by atoms with E-state index in [1.807, 2.05) is 24.3 Å². The SMILES string of the molecule is COc1cccc(C=CC(=O)Oc2ccc(C#N)cc2OC)c1. The van der Waals surface area contributed by atoms with E-state index in [2.05, 4.69) is 0 Å². The molecule has 0 aliphatic carbocycles. The highest BCUT2D eigenvalue weighted by Gasteiger charge is 2.09. The van der Waals surface area contributed by atoms with Crippen LogP contribution in [0, 0.1) is 11.3 Å². The lowest BCUT2D eigenvalue weighted by molar-refractivity contribution is -0.129. The van der Waals surface area contributed by atoms with Gasteiger partial charge in [0.1, 0.15) is 5.75 Å². The molecule has 0 amide bonds. The smallest absolute Gasteiger partial charge is 0.336 e. The van der Waals surface area contributed by atoms with Crippen LogP contribution in [0.5, 0.6) is 17.2 Å². The van der Waals surface area contributed by atoms with E-state index >= 15 is 0 Å². The maximum absolute atomic E-state index is 11.9. The third-order valence-electron chi connectivity index (χ3n) is 3.01. The summed E-state index contributed by atoms with van der Waals surface area (Å²) in [5.41, 5.74) is 1.24. The molecule has 0 bridgehead atoms. The molecule has 0 aliphatic heterocycles. The first-order valence-electron chi connectivity index (χ1n) is 6.78. The van der Waals surface area contributed by atoms with Crippen molar-refractivity contribution in [3.63, 3.8) is 0 Å². The molecule has 0 unspecified atom stereocenters. The highest BCUT2D eigenvalue weighted by molar-refractivity contribution is 5.89. The molecule has 2 aromatic rings. The predicted molar refractivity (Wildman–Crippen MR) is 85.4 cm³/mol. The molecule has 0 fully saturated rings. The Morgan fingerprint density at radius 3 is 2.61 bits per heavy atom. The second-order valence-electron chi connectivity index (χ2n) is 4.51. The average molecular weight is 309 g/mol. The predicted octanol–water partition coefficient (Wildman–Crippen LogP) is 3.19. The maximum atomic E-state index is 11.9. The molecule has 0 N–H and O–H groups in total. The minimum atomic E-state index is -0.546. The van der Waals surface area contributed by atoms with Crippen LogP contribution in [0.2, 0.25) is 0 Å². The van der Waals surface area contributed by atoms with E-state index < -0.39 is 5.97 Å². The standard InChI is InChI=1S/C18H15NO4/c1-21-15-5-3-4-13(10-15)7-9-18(20)23-16-8-6-14(12-19)11-17(16)22-2/h3-11H,1-2H3. The normalized spacial score (nSPS) is 10.1. The van der Waals surface area contributed by atoms with Crippen LogP contribution in [0.3, 0.4) is 0 Å². The molecular formula is C18H15NO4. The fourth-order valence-electron chi connectivity index (χ4n) is 1.87. The monoisotopic (exact) mass is 309 g/mol. The lowest BCUT2D eigenvalue weighted by Gasteiger charge is -2.07. The van der Waals surface area contributed by atoms with Crippen molar-refractivity contribution in [3.8, 4) is 23.3 Å². The molecule has 0 aliphatic rings. The van der Waals surface area contributed by atoms with Gasteiger partial charge in [-0.1, -0.05) is 12.1 Å². The van der Waals surface area contributed by atoms with E-state index in [1.165, 1.54) is 25.3 Å². The van der Waals surface area contributed by atoms with Crippen LogP contribution in [0.4, 0.5) is 0 Å². The molecule has 23 heavy (non-hydrogen) atoms. The summed E-state index contributed by atoms with van der Waals surface area (Å²) < 4.78 is 15.5. The van der Waals surface area contributed by atoms with Gasteiger partial charge in [-0.25, -0.2) is 4.79 Å². The van der Waals surface area contributed by atoms with Crippen molar-refractivity contribution in [1.29, 1.82) is 5.26 Å². The van der Waals surface area contributed by atoms with Gasteiger partial charge in [-0.15, -0.1) is 0 Å². The third-order valence-corrected chi connectivity index (χ3v) is 3.01. The molecule has 116 valence electrons. The van der Waals surface area contributed by atoms with E-state index in [4.69, 9.17) is 19.5 Å². The summed E-state index contributed by atoms with van der Waals surface area (Å²) in [5.74, 6) is 0.740. The van der Waals surface area contributed by atoms with Crippen molar-refractivity contribution in [2.24, 2.45) is 0 Å². The van der Waals surface area contributed by atoms with Crippen molar-refractivity contribution < 1.29 is 19.0 Å². The first-order chi connectivity index (χ1) is 11.2. The average Bonchev–Trinajstić information content (AvgIpc) is 2.60. The molecule has 0 spiro atoms. The molecule has 0 saturated carbocycles. The number of nitriles is 1. The Bertz CT molecular complexity index is 775. The number of hydrogen-bond acceptors (Lipinski definition) is 5. The van der Waals surface area contributed by atoms with Gasteiger partial charge in [-0.2, -0.15) is 5.26 Å². The molecule has 0 aromatic heterocycles. The number of esters is 1. The lowest BCUT2D eigenvalue weighted by atomic mass is 10.2. The van der Waals surface area contributed by atoms with Crippen LogP contribution in [0.15, 0.2) is 48.5 Å². The lowest BCUT2D eigenvalue weighted by Crippen LogP contribution is -2.05. The Hall–Kier alpha value is -3.26. The van der Waals surface area contributed by atoms with Crippen LogP contribution in [0.1, 0.15) is 11.1 Å². The molecule has 0 radical (unpaired) electrons. The van der Waals surface area contributed by atoms with Gasteiger partial charge >= 0.3 is 5.97 Å². The largest absolute Gasteiger partial charge is 0.497 e. The Kier molecular flexibility index (Phi) is 5.37. The second kappa shape index (κ2) is 7.66. The van der Waals surface area contributed by atoms with Crippen LogP contribution in [0.25, 0.3) is 6.08 Å². The van der Waals surface area contributed by atoms with Gasteiger partial charge in [0.25, 0.3) is 0 Å². The summed E-state index contributed by atoms with van der Waals surface area (Å²) >= 11 is 0. The van der Waals surface area contributed by atoms with Gasteiger partial charge in [-0.05, 0) is 35.9 Å². The summed E-state index contributed by atoms with van der Waals surface area (Å²) in [6, 6.07) is 13.9. The van der Waals surface area contributed by atoms with Crippen LogP contribution < -0.4 is 14.2 Å². The number of rotatable bonds is 5. The highest BCUT2D eigenvalue weighted by Crippen LogP contribution is 2.28. The van der Waals surface area contributed by atoms with E-state index in [0.717, 1.165) is 5.56 Å². The van der Waals surface area contributed by atoms with Gasteiger partial charge in [0, 0.05) is 12.1 Å². The zero-order valence-electron chi connectivity index (χ0n) is 12.8. The summed E-state index contributed by atoms with van der Waals surface area (Å²) in [6.45, 7) is 0. The Morgan fingerprint density at radius 1 is 1.09 bits per heavy atom. The van der Waals surface area contributed by atoms with Gasteiger partial charge < -0.3 is 14.2 Å². The topological polar surface area (TPSA) is 68.5 Å². The molecule has 2 rings (SSSR count). The quantitative estimate of drug-likeness (QED) is 0.482. The van der Waals surface area contributed by atoms with Gasteiger partial charge in [0.05, 0.1) is 25.9 Å². The van der Waals surface area contributed by atoms with Gasteiger partial charge in [0.2, 0.25) is 0 Å². The van der Waals surface area contributed by atoms with Crippen molar-refractivity contribution in [3.05, 3.63) is 59.7 Å². The molecule has 0 atom stereocenters. The van der Waals surface area contributed by atoms with Gasteiger partial charge in [0.15, 0.2) is 11.5 Å². The second-order valence-corrected chi connectivity index (χ2v) is 4.51. The maximum Gasteiger partial charge on any atom is 0.336 e. The molecule has 2 aromatic carbocycles. The number of methoxy groups -OCH3 is 2. The number of hydrogen-bond donors (Lipinski definition) is 0. The summed E-state index contributed by atoms with van der Waals surface area (Å²) in [4.78, 5) is 11.9. The summed E-state index contributed by atoms with van der Waals surface area (Å²) in [6.07, 6.45) is 2.94. The summed E-state index contributed by atoms with van der Waals surface area (Å²) in [5, 5.41) is 8.85. The van der Waals surface area contributed by atoms with E-state index in [9.17, 15) is 4.79 Å². The molecule has 0 heterocycles. The van der Waals surface area contributed by atoms with E-state index in [0.29, 0.717) is 17.1 Å². The zero-order valence-corrected chi connectivity index (χ0v) is 12.8. The number of ether oxygens (including phenoxy) is 3. The van der Waals surface area contributed by atoms with Crippen molar-refractivity contribution in [2.75, 3.05) is 14.2 Å². The zero-order chi connectivity index (χ0) is 16.7. The van der Waals surface area contributed by atoms with E-state index in [1.54, 1.807) is 25.3 Å². The third kappa shape index (κ3) is 4.35. The van der Waals surface area contributed by atoms with Gasteiger partial charge in [-0.3, -0.25) is 0 Å². The van der Waals surface area contributed by atoms with Crippen molar-refractivity contribution in [2.45, 2.75) is 0 Å². The molecule has 0 saturated heterocycles. The van der Waals surface area contributed by atoms with Crippen LogP contribution >= 0.6 is 0 Å². The first kappa shape index (κ1) is 16.1. The molecule has 5 nitrogen and oxygen atoms in total. The highest BCUT2D eigenvalue weighted by atomic mass is 16.6. The number of nitrogens with zero attached hydrogens (tertiary/aromatic N) is 1. The fraction of sp³-hybridized carbons (Fsp3) is 0.111. The Balaban J connectivity index is 2.10. The van der Waals surface area contributed by atoms with Crippen molar-refractivity contribution >= 4 is 12.0 Å². The molecule has 5 heteroatoms. The number of carbonyl (C=O) groups excluding carboxylic acids is 1. The van der Waals surface area contributed by atoms with Crippen LogP contribution in [-0.4, -0.2) is 20.2 Å². The van der Waals surface area contributed by atoms with E-state index in [-0.39, 0.29) is 5.75 Å².